The van der Waals surface area contributed by atoms with E-state index in [1.54, 1.807) is 9.80 Å². The van der Waals surface area contributed by atoms with Crippen LogP contribution in [0.2, 0.25) is 0 Å². The zero-order valence-corrected chi connectivity index (χ0v) is 15.0. The van der Waals surface area contributed by atoms with E-state index >= 15 is 0 Å². The Morgan fingerprint density at radius 2 is 1.58 bits per heavy atom. The molecule has 4 bridgehead atoms. The number of anilines is 1. The van der Waals surface area contributed by atoms with Crippen molar-refractivity contribution in [3.05, 3.63) is 29.8 Å². The Morgan fingerprint density at radius 1 is 1.04 bits per heavy atom. The summed E-state index contributed by atoms with van der Waals surface area (Å²) in [7, 11) is 0. The third kappa shape index (κ3) is 2.16. The Balaban J connectivity index is 1.73. The summed E-state index contributed by atoms with van der Waals surface area (Å²) in [6, 6.07) is 8.42. The molecule has 0 aliphatic carbocycles. The van der Waals surface area contributed by atoms with E-state index in [1.165, 1.54) is 5.56 Å². The van der Waals surface area contributed by atoms with Crippen LogP contribution in [0.25, 0.3) is 0 Å². The van der Waals surface area contributed by atoms with E-state index in [4.69, 9.17) is 5.73 Å². The number of ketones is 1. The lowest BCUT2D eigenvalue weighted by Gasteiger charge is -2.60. The molecule has 0 radical (unpaired) electrons. The van der Waals surface area contributed by atoms with E-state index < -0.39 is 0 Å². The predicted octanol–water partition coefficient (Wildman–Crippen LogP) is 0.220. The van der Waals surface area contributed by atoms with E-state index in [0.717, 1.165) is 57.5 Å². The fraction of sp³-hybridized carbons (Fsp3) is 0.650. The monoisotopic (exact) mass is 329 g/mol. The minimum absolute atomic E-state index is 0.0675. The fourth-order valence-electron chi connectivity index (χ4n) is 6.32. The molecule has 4 nitrogen and oxygen atoms in total. The highest BCUT2D eigenvalue weighted by Crippen LogP contribution is 2.42. The van der Waals surface area contributed by atoms with Gasteiger partial charge in [-0.15, -0.1) is 0 Å². The molecule has 0 atom stereocenters. The average molecular weight is 329 g/mol. The second-order valence-corrected chi connectivity index (χ2v) is 8.52. The van der Waals surface area contributed by atoms with Gasteiger partial charge < -0.3 is 5.73 Å². The van der Waals surface area contributed by atoms with Crippen LogP contribution in [0.15, 0.2) is 24.3 Å². The highest BCUT2D eigenvalue weighted by molar-refractivity contribution is 5.92. The third-order valence-electron chi connectivity index (χ3n) is 6.74. The average Bonchev–Trinajstić information content (AvgIpc) is 2.52. The molecule has 5 rings (SSSR count). The maximum atomic E-state index is 13.4. The molecule has 0 unspecified atom stereocenters. The van der Waals surface area contributed by atoms with Gasteiger partial charge in [-0.05, 0) is 31.0 Å². The number of hydrogen-bond acceptors (Lipinski definition) is 2. The number of nitrogens with one attached hydrogen (secondary N) is 2. The number of rotatable bonds is 5. The van der Waals surface area contributed by atoms with E-state index in [0.29, 0.717) is 11.9 Å². The smallest absolute Gasteiger partial charge is 0.240 e. The number of quaternary nitrogens is 2. The molecule has 4 heterocycles. The maximum Gasteiger partial charge on any atom is 0.240 e. The number of nitrogen functional groups attached to an aromatic ring is 1. The van der Waals surface area contributed by atoms with Gasteiger partial charge in [-0.2, -0.15) is 0 Å². The number of Topliss-reactive ketones (excluding diaryl/α,β-unsaturated/α-hetero) is 1. The van der Waals surface area contributed by atoms with Gasteiger partial charge in [-0.1, -0.05) is 32.8 Å². The largest absolute Gasteiger partial charge is 0.399 e. The Bertz CT molecular complexity index is 612. The Hall–Kier alpha value is -1.39. The molecular weight excluding hydrogens is 298 g/mol. The molecule has 4 fully saturated rings. The Morgan fingerprint density at radius 3 is 2.04 bits per heavy atom. The summed E-state index contributed by atoms with van der Waals surface area (Å²) < 4.78 is 0. The molecule has 4 saturated heterocycles. The van der Waals surface area contributed by atoms with Crippen molar-refractivity contribution in [3.63, 3.8) is 0 Å². The van der Waals surface area contributed by atoms with Gasteiger partial charge in [-0.3, -0.25) is 14.6 Å². The van der Waals surface area contributed by atoms with Crippen LogP contribution in [-0.2, 0) is 4.79 Å². The summed E-state index contributed by atoms with van der Waals surface area (Å²) in [4.78, 5) is 16.7. The molecule has 1 aromatic carbocycles. The highest BCUT2D eigenvalue weighted by atomic mass is 16.1. The first kappa shape index (κ1) is 16.1. The standard InChI is InChI=1S/C20H29N3O/c1-3-8-19-11-22-13-20(9-4-2,18(19)24)14-23(12-19)17(22)15-6-5-7-16(21)10-15/h5-7,10,17H,3-4,8-9,11-14,21H2,1-2H3/p+2. The SMILES string of the molecule is CCCC12C[NH+]3CC(CCC)(C[NH+](C1)C3c1cccc(N)c1)C2=O. The minimum atomic E-state index is -0.0675. The van der Waals surface area contributed by atoms with E-state index in [2.05, 4.69) is 32.0 Å². The molecule has 4 aliphatic rings. The molecule has 24 heavy (non-hydrogen) atoms. The lowest BCUT2D eigenvalue weighted by molar-refractivity contribution is -1.18. The zero-order chi connectivity index (χ0) is 16.9. The summed E-state index contributed by atoms with van der Waals surface area (Å²) in [5.74, 6) is 0.609. The number of hydrogen-bond donors (Lipinski definition) is 3. The highest BCUT2D eigenvalue weighted by Gasteiger charge is 2.70. The molecule has 0 aromatic heterocycles. The first-order valence-corrected chi connectivity index (χ1v) is 9.63. The minimum Gasteiger partial charge on any atom is -0.399 e. The molecule has 0 saturated carbocycles. The fourth-order valence-corrected chi connectivity index (χ4v) is 6.32. The van der Waals surface area contributed by atoms with Crippen LogP contribution in [0.5, 0.6) is 0 Å². The lowest BCUT2D eigenvalue weighted by Crippen LogP contribution is -3.41. The maximum absolute atomic E-state index is 13.4. The number of piperidine rings is 2. The molecular formula is C20H31N3O+2. The van der Waals surface area contributed by atoms with Crippen LogP contribution in [0, 0.1) is 10.8 Å². The molecule has 0 amide bonds. The molecule has 4 heteroatoms. The van der Waals surface area contributed by atoms with Crippen molar-refractivity contribution in [2.45, 2.75) is 45.7 Å². The van der Waals surface area contributed by atoms with Gasteiger partial charge in [0.15, 0.2) is 5.78 Å². The van der Waals surface area contributed by atoms with Crippen LogP contribution >= 0.6 is 0 Å². The van der Waals surface area contributed by atoms with Gasteiger partial charge in [0, 0.05) is 5.69 Å². The van der Waals surface area contributed by atoms with Crippen molar-refractivity contribution in [2.75, 3.05) is 31.9 Å². The van der Waals surface area contributed by atoms with Crippen molar-refractivity contribution < 1.29 is 14.6 Å². The van der Waals surface area contributed by atoms with Crippen molar-refractivity contribution in [3.8, 4) is 0 Å². The Kier molecular flexibility index (Phi) is 3.73. The van der Waals surface area contributed by atoms with Crippen LogP contribution < -0.4 is 15.5 Å². The molecule has 0 spiro atoms. The second-order valence-electron chi connectivity index (χ2n) is 8.52. The van der Waals surface area contributed by atoms with Crippen molar-refractivity contribution >= 4 is 11.5 Å². The lowest BCUT2D eigenvalue weighted by atomic mass is 9.57. The van der Waals surface area contributed by atoms with Gasteiger partial charge in [-0.25, -0.2) is 0 Å². The molecule has 4 N–H and O–H groups in total. The van der Waals surface area contributed by atoms with Gasteiger partial charge >= 0.3 is 0 Å². The summed E-state index contributed by atoms with van der Waals surface area (Å²) in [5.41, 5.74) is 8.12. The summed E-state index contributed by atoms with van der Waals surface area (Å²) in [6.07, 6.45) is 4.80. The van der Waals surface area contributed by atoms with E-state index in [9.17, 15) is 4.79 Å². The van der Waals surface area contributed by atoms with Gasteiger partial charge in [0.1, 0.15) is 37.0 Å². The van der Waals surface area contributed by atoms with Crippen molar-refractivity contribution in [1.82, 2.24) is 0 Å². The first-order valence-electron chi connectivity index (χ1n) is 9.63. The zero-order valence-electron chi connectivity index (χ0n) is 15.0. The molecule has 1 aromatic rings. The number of benzene rings is 1. The first-order chi connectivity index (χ1) is 11.5. The van der Waals surface area contributed by atoms with E-state index in [-0.39, 0.29) is 10.8 Å². The number of carbonyl (C=O) groups excluding carboxylic acids is 1. The van der Waals surface area contributed by atoms with Crippen LogP contribution in [0.1, 0.15) is 51.3 Å². The number of nitrogens with two attached hydrogens (primary N) is 1. The third-order valence-corrected chi connectivity index (χ3v) is 6.74. The molecule has 4 aliphatic heterocycles. The van der Waals surface area contributed by atoms with Crippen LogP contribution in [0.4, 0.5) is 5.69 Å². The molecule has 130 valence electrons. The quantitative estimate of drug-likeness (QED) is 0.677. The van der Waals surface area contributed by atoms with Gasteiger partial charge in [0.25, 0.3) is 0 Å². The summed E-state index contributed by atoms with van der Waals surface area (Å²) in [6.45, 7) is 8.54. The van der Waals surface area contributed by atoms with Crippen LogP contribution in [-0.4, -0.2) is 32.0 Å². The Labute approximate surface area is 145 Å². The predicted molar refractivity (Wildman–Crippen MR) is 94.7 cm³/mol. The van der Waals surface area contributed by atoms with E-state index in [1.807, 2.05) is 6.07 Å². The van der Waals surface area contributed by atoms with Crippen molar-refractivity contribution in [1.29, 1.82) is 0 Å². The summed E-state index contributed by atoms with van der Waals surface area (Å²) >= 11 is 0. The second kappa shape index (κ2) is 5.57. The summed E-state index contributed by atoms with van der Waals surface area (Å²) in [5, 5.41) is 0. The van der Waals surface area contributed by atoms with Crippen LogP contribution in [0.3, 0.4) is 0 Å². The topological polar surface area (TPSA) is 52.0 Å². The normalized spacial score (nSPS) is 40.2. The number of carbonyl (C=O) groups is 1. The van der Waals surface area contributed by atoms with Crippen molar-refractivity contribution in [2.24, 2.45) is 10.8 Å². The van der Waals surface area contributed by atoms with Gasteiger partial charge in [0.05, 0.1) is 5.56 Å². The van der Waals surface area contributed by atoms with Gasteiger partial charge in [0.2, 0.25) is 6.17 Å².